The zero-order valence-electron chi connectivity index (χ0n) is 12.0. The molecule has 106 valence electrons. The molecule has 1 aliphatic rings. The fourth-order valence-corrected chi connectivity index (χ4v) is 3.56. The first kappa shape index (κ1) is 13.7. The third kappa shape index (κ3) is 2.50. The number of aromatic nitrogens is 2. The van der Waals surface area contributed by atoms with E-state index in [0.717, 1.165) is 16.5 Å². The van der Waals surface area contributed by atoms with Crippen LogP contribution in [0.2, 0.25) is 0 Å². The van der Waals surface area contributed by atoms with E-state index in [1.807, 2.05) is 0 Å². The van der Waals surface area contributed by atoms with E-state index >= 15 is 0 Å². The van der Waals surface area contributed by atoms with Gasteiger partial charge in [-0.3, -0.25) is 0 Å². The molecule has 20 heavy (non-hydrogen) atoms. The number of hydrogen-bond acceptors (Lipinski definition) is 4. The fraction of sp³-hybridized carbons (Fsp3) is 0.500. The maximum Gasteiger partial charge on any atom is 0.0832 e. The summed E-state index contributed by atoms with van der Waals surface area (Å²) in [7, 11) is 0. The Balaban J connectivity index is 1.89. The van der Waals surface area contributed by atoms with Gasteiger partial charge < -0.3 is 5.73 Å². The normalized spacial score (nSPS) is 17.2. The van der Waals surface area contributed by atoms with Crippen LogP contribution in [-0.2, 0) is 0 Å². The lowest BCUT2D eigenvalue weighted by molar-refractivity contribution is 0.419. The van der Waals surface area contributed by atoms with Crippen LogP contribution in [-0.4, -0.2) is 9.59 Å². The lowest BCUT2D eigenvalue weighted by atomic mass is 9.79. The van der Waals surface area contributed by atoms with Crippen molar-refractivity contribution in [3.05, 3.63) is 46.0 Å². The minimum Gasteiger partial charge on any atom is -0.320 e. The molecule has 0 amide bonds. The SMILES string of the molecule is CC(C)c1nnsc1C(N)c1cccc(C2CCC2)c1. The molecule has 0 spiro atoms. The first-order valence-electron chi connectivity index (χ1n) is 7.34. The lowest BCUT2D eigenvalue weighted by Gasteiger charge is -2.26. The molecule has 1 atom stereocenters. The molecule has 0 aliphatic heterocycles. The second-order valence-corrected chi connectivity index (χ2v) is 6.74. The molecule has 1 heterocycles. The van der Waals surface area contributed by atoms with Crippen LogP contribution in [0, 0.1) is 0 Å². The molecular weight excluding hydrogens is 266 g/mol. The highest BCUT2D eigenvalue weighted by Crippen LogP contribution is 2.37. The Kier molecular flexibility index (Phi) is 3.85. The largest absolute Gasteiger partial charge is 0.320 e. The van der Waals surface area contributed by atoms with Crippen molar-refractivity contribution in [2.24, 2.45) is 5.73 Å². The molecule has 0 bridgehead atoms. The summed E-state index contributed by atoms with van der Waals surface area (Å²) in [6.45, 7) is 4.27. The molecule has 1 aliphatic carbocycles. The third-order valence-corrected chi connectivity index (χ3v) is 5.04. The second-order valence-electron chi connectivity index (χ2n) is 5.95. The smallest absolute Gasteiger partial charge is 0.0832 e. The van der Waals surface area contributed by atoms with Crippen molar-refractivity contribution in [2.75, 3.05) is 0 Å². The summed E-state index contributed by atoms with van der Waals surface area (Å²) in [4.78, 5) is 1.10. The van der Waals surface area contributed by atoms with Crippen molar-refractivity contribution in [2.45, 2.75) is 51.0 Å². The molecule has 2 N–H and O–H groups in total. The molecule has 1 aromatic carbocycles. The summed E-state index contributed by atoms with van der Waals surface area (Å²) >= 11 is 1.43. The summed E-state index contributed by atoms with van der Waals surface area (Å²) < 4.78 is 4.09. The molecule has 3 rings (SSSR count). The lowest BCUT2D eigenvalue weighted by Crippen LogP contribution is -2.14. The fourth-order valence-electron chi connectivity index (χ4n) is 2.72. The Bertz CT molecular complexity index is 587. The first-order chi connectivity index (χ1) is 9.66. The third-order valence-electron chi connectivity index (χ3n) is 4.22. The second kappa shape index (κ2) is 5.62. The molecule has 1 aromatic heterocycles. The predicted octanol–water partition coefficient (Wildman–Crippen LogP) is 3.98. The van der Waals surface area contributed by atoms with Gasteiger partial charge in [0, 0.05) is 0 Å². The molecule has 0 saturated heterocycles. The van der Waals surface area contributed by atoms with Gasteiger partial charge in [0.2, 0.25) is 0 Å². The van der Waals surface area contributed by atoms with Crippen molar-refractivity contribution >= 4 is 11.5 Å². The summed E-state index contributed by atoms with van der Waals surface area (Å²) in [5, 5.41) is 4.24. The topological polar surface area (TPSA) is 51.8 Å². The van der Waals surface area contributed by atoms with Gasteiger partial charge in [-0.25, -0.2) is 0 Å². The first-order valence-corrected chi connectivity index (χ1v) is 8.11. The van der Waals surface area contributed by atoms with Crippen molar-refractivity contribution < 1.29 is 0 Å². The Labute approximate surface area is 124 Å². The van der Waals surface area contributed by atoms with Crippen molar-refractivity contribution in [1.82, 2.24) is 9.59 Å². The molecule has 3 nitrogen and oxygen atoms in total. The van der Waals surface area contributed by atoms with Gasteiger partial charge in [-0.05, 0) is 47.3 Å². The van der Waals surface area contributed by atoms with Gasteiger partial charge in [-0.2, -0.15) is 0 Å². The van der Waals surface area contributed by atoms with Crippen LogP contribution in [0.1, 0.15) is 72.7 Å². The monoisotopic (exact) mass is 287 g/mol. The van der Waals surface area contributed by atoms with Gasteiger partial charge in [0.15, 0.2) is 0 Å². The molecule has 1 saturated carbocycles. The average Bonchev–Trinajstić information content (AvgIpc) is 2.85. The number of rotatable bonds is 4. The highest BCUT2D eigenvalue weighted by atomic mass is 32.1. The van der Waals surface area contributed by atoms with Crippen molar-refractivity contribution in [3.8, 4) is 0 Å². The van der Waals surface area contributed by atoms with Crippen LogP contribution in [0.5, 0.6) is 0 Å². The molecule has 4 heteroatoms. The van der Waals surface area contributed by atoms with E-state index < -0.39 is 0 Å². The standard InChI is InChI=1S/C16H21N3S/c1-10(2)15-16(20-19-18-15)14(17)13-8-4-7-12(9-13)11-5-3-6-11/h4,7-11,14H,3,5-6,17H2,1-2H3. The van der Waals surface area contributed by atoms with Crippen molar-refractivity contribution in [3.63, 3.8) is 0 Å². The molecule has 2 aromatic rings. The van der Waals surface area contributed by atoms with Crippen LogP contribution in [0.25, 0.3) is 0 Å². The van der Waals surface area contributed by atoms with Crippen LogP contribution >= 0.6 is 11.5 Å². The maximum absolute atomic E-state index is 6.46. The number of benzene rings is 1. The number of nitrogens with two attached hydrogens (primary N) is 1. The van der Waals surface area contributed by atoms with Gasteiger partial charge in [-0.1, -0.05) is 49.0 Å². The van der Waals surface area contributed by atoms with Gasteiger partial charge >= 0.3 is 0 Å². The number of hydrogen-bond donors (Lipinski definition) is 1. The molecule has 1 unspecified atom stereocenters. The van der Waals surface area contributed by atoms with Gasteiger partial charge in [0.25, 0.3) is 0 Å². The summed E-state index contributed by atoms with van der Waals surface area (Å²) in [6.07, 6.45) is 3.99. The van der Waals surface area contributed by atoms with Gasteiger partial charge in [0.1, 0.15) is 0 Å². The Morgan fingerprint density at radius 1 is 1.30 bits per heavy atom. The van der Waals surface area contributed by atoms with Crippen LogP contribution in [0.3, 0.4) is 0 Å². The van der Waals surface area contributed by atoms with Crippen LogP contribution in [0.15, 0.2) is 24.3 Å². The predicted molar refractivity (Wildman–Crippen MR) is 83.1 cm³/mol. The highest BCUT2D eigenvalue weighted by Gasteiger charge is 2.22. The van der Waals surface area contributed by atoms with E-state index in [-0.39, 0.29) is 6.04 Å². The van der Waals surface area contributed by atoms with Gasteiger partial charge in [0.05, 0.1) is 16.6 Å². The van der Waals surface area contributed by atoms with E-state index in [0.29, 0.717) is 5.92 Å². The summed E-state index contributed by atoms with van der Waals surface area (Å²) in [5.41, 5.74) is 10.1. The average molecular weight is 287 g/mol. The number of nitrogens with zero attached hydrogens (tertiary/aromatic N) is 2. The molecule has 0 radical (unpaired) electrons. The quantitative estimate of drug-likeness (QED) is 0.925. The van der Waals surface area contributed by atoms with E-state index in [1.165, 1.54) is 41.9 Å². The molecular formula is C16H21N3S. The van der Waals surface area contributed by atoms with E-state index in [4.69, 9.17) is 5.73 Å². The van der Waals surface area contributed by atoms with Crippen LogP contribution in [0.4, 0.5) is 0 Å². The van der Waals surface area contributed by atoms with E-state index in [9.17, 15) is 0 Å². The summed E-state index contributed by atoms with van der Waals surface area (Å²) in [6, 6.07) is 8.66. The maximum atomic E-state index is 6.46. The summed E-state index contributed by atoms with van der Waals surface area (Å²) in [5.74, 6) is 1.11. The van der Waals surface area contributed by atoms with Crippen molar-refractivity contribution in [1.29, 1.82) is 0 Å². The Morgan fingerprint density at radius 2 is 2.10 bits per heavy atom. The van der Waals surface area contributed by atoms with Gasteiger partial charge in [-0.15, -0.1) is 5.10 Å². The minimum absolute atomic E-state index is 0.104. The highest BCUT2D eigenvalue weighted by molar-refractivity contribution is 7.05. The Hall–Kier alpha value is -1.26. The zero-order valence-corrected chi connectivity index (χ0v) is 12.9. The minimum atomic E-state index is -0.104. The van der Waals surface area contributed by atoms with Crippen LogP contribution < -0.4 is 5.73 Å². The molecule has 1 fully saturated rings. The Morgan fingerprint density at radius 3 is 2.75 bits per heavy atom. The zero-order chi connectivity index (χ0) is 14.1. The van der Waals surface area contributed by atoms with E-state index in [2.05, 4.69) is 47.7 Å². The van der Waals surface area contributed by atoms with E-state index in [1.54, 1.807) is 0 Å².